The normalized spacial score (nSPS) is 12.9. The number of rotatable bonds is 8. The molecule has 8 nitrogen and oxygen atoms in total. The first-order valence-electron chi connectivity index (χ1n) is 12.1. The second kappa shape index (κ2) is 10.6. The smallest absolute Gasteiger partial charge is 0.407 e. The summed E-state index contributed by atoms with van der Waals surface area (Å²) in [5.41, 5.74) is 5.53. The molecule has 0 bridgehead atoms. The fourth-order valence-electron chi connectivity index (χ4n) is 4.84. The van der Waals surface area contributed by atoms with E-state index in [2.05, 4.69) is 22.5 Å². The van der Waals surface area contributed by atoms with Gasteiger partial charge >= 0.3 is 12.1 Å². The molecule has 5 rings (SSSR count). The maximum absolute atomic E-state index is 12.8. The maximum Gasteiger partial charge on any atom is 0.407 e. The summed E-state index contributed by atoms with van der Waals surface area (Å²) in [6.07, 6.45) is -0.844. The van der Waals surface area contributed by atoms with Gasteiger partial charge in [0.25, 0.3) is 0 Å². The molecule has 1 atom stereocenters. The van der Waals surface area contributed by atoms with Crippen LogP contribution in [0.1, 0.15) is 28.3 Å². The van der Waals surface area contributed by atoms with E-state index in [0.717, 1.165) is 22.3 Å². The number of nitrogens with zero attached hydrogens (tertiary/aromatic N) is 2. The van der Waals surface area contributed by atoms with Gasteiger partial charge in [-0.1, -0.05) is 60.1 Å². The summed E-state index contributed by atoms with van der Waals surface area (Å²) in [4.78, 5) is 24.9. The van der Waals surface area contributed by atoms with E-state index < -0.39 is 18.1 Å². The molecule has 9 heteroatoms. The molecule has 194 valence electrons. The Balaban J connectivity index is 1.29. The number of amides is 1. The summed E-state index contributed by atoms with van der Waals surface area (Å²) < 4.78 is 13.1. The lowest BCUT2D eigenvalue weighted by Crippen LogP contribution is -2.43. The first-order valence-corrected chi connectivity index (χ1v) is 12.5. The quantitative estimate of drug-likeness (QED) is 0.302. The van der Waals surface area contributed by atoms with E-state index in [1.54, 1.807) is 38.2 Å². The lowest BCUT2D eigenvalue weighted by Gasteiger charge is -2.18. The van der Waals surface area contributed by atoms with Gasteiger partial charge in [0, 0.05) is 30.0 Å². The van der Waals surface area contributed by atoms with E-state index in [1.807, 2.05) is 36.4 Å². The molecule has 4 aromatic rings. The van der Waals surface area contributed by atoms with Crippen LogP contribution in [0.25, 0.3) is 11.1 Å². The summed E-state index contributed by atoms with van der Waals surface area (Å²) in [7, 11) is 1.70. The average Bonchev–Trinajstić information content (AvgIpc) is 3.36. The van der Waals surface area contributed by atoms with Crippen LogP contribution in [0.3, 0.4) is 0 Å². The topological polar surface area (TPSA) is 103 Å². The number of benzene rings is 3. The Morgan fingerprint density at radius 3 is 2.24 bits per heavy atom. The molecule has 0 fully saturated rings. The van der Waals surface area contributed by atoms with E-state index in [0.29, 0.717) is 27.9 Å². The van der Waals surface area contributed by atoms with Gasteiger partial charge in [0.15, 0.2) is 0 Å². The minimum atomic E-state index is -1.25. The molecule has 2 N–H and O–H groups in total. The zero-order valence-corrected chi connectivity index (χ0v) is 21.6. The molecule has 1 aliphatic carbocycles. The summed E-state index contributed by atoms with van der Waals surface area (Å²) >= 11 is 5.96. The highest BCUT2D eigenvalue weighted by atomic mass is 35.5. The van der Waals surface area contributed by atoms with Gasteiger partial charge in [-0.3, -0.25) is 0 Å². The van der Waals surface area contributed by atoms with Gasteiger partial charge in [0.2, 0.25) is 5.88 Å². The van der Waals surface area contributed by atoms with Gasteiger partial charge < -0.3 is 19.9 Å². The Bertz CT molecular complexity index is 1450. The molecular weight excluding hydrogens is 506 g/mol. The van der Waals surface area contributed by atoms with Gasteiger partial charge in [0.05, 0.1) is 5.69 Å². The summed E-state index contributed by atoms with van der Waals surface area (Å²) in [6, 6.07) is 21.6. The number of ether oxygens (including phenoxy) is 2. The largest absolute Gasteiger partial charge is 0.480 e. The standard InChI is InChI=1S/C29H26ClN3O5/c1-17-24(27(33(2)32-17)38-19-13-11-18(30)12-14-19)15-26(28(34)35)31-29(36)37-16-25-22-9-5-3-7-20(22)21-8-4-6-10-23(21)25/h3-14,25-26H,15-16H2,1-2H3,(H,31,36)(H,34,35). The van der Waals surface area contributed by atoms with Crippen molar-refractivity contribution in [3.8, 4) is 22.8 Å². The number of halogens is 1. The lowest BCUT2D eigenvalue weighted by molar-refractivity contribution is -0.139. The molecule has 0 aliphatic heterocycles. The van der Waals surface area contributed by atoms with E-state index in [9.17, 15) is 14.7 Å². The summed E-state index contributed by atoms with van der Waals surface area (Å²) in [6.45, 7) is 1.85. The second-order valence-corrected chi connectivity index (χ2v) is 9.55. The van der Waals surface area contributed by atoms with Crippen molar-refractivity contribution < 1.29 is 24.2 Å². The molecular formula is C29H26ClN3O5. The van der Waals surface area contributed by atoms with Crippen molar-refractivity contribution in [3.63, 3.8) is 0 Å². The van der Waals surface area contributed by atoms with E-state index in [4.69, 9.17) is 21.1 Å². The van der Waals surface area contributed by atoms with Crippen molar-refractivity contribution in [2.24, 2.45) is 7.05 Å². The minimum absolute atomic E-state index is 0.0396. The third kappa shape index (κ3) is 5.08. The number of alkyl carbamates (subject to hydrolysis) is 1. The molecule has 1 unspecified atom stereocenters. The summed E-state index contributed by atoms with van der Waals surface area (Å²) in [5, 5.41) is 17.3. The molecule has 0 spiro atoms. The molecule has 1 aliphatic rings. The third-order valence-electron chi connectivity index (χ3n) is 6.66. The first kappa shape index (κ1) is 25.4. The van der Waals surface area contributed by atoms with Crippen molar-refractivity contribution in [3.05, 3.63) is 100 Å². The zero-order chi connectivity index (χ0) is 26.8. The van der Waals surface area contributed by atoms with Crippen molar-refractivity contribution in [2.45, 2.75) is 25.3 Å². The monoisotopic (exact) mass is 531 g/mol. The van der Waals surface area contributed by atoms with Crippen LogP contribution in [-0.4, -0.2) is 39.6 Å². The average molecular weight is 532 g/mol. The van der Waals surface area contributed by atoms with E-state index in [-0.39, 0.29) is 18.9 Å². The highest BCUT2D eigenvalue weighted by Gasteiger charge is 2.30. The van der Waals surface area contributed by atoms with Crippen LogP contribution in [0, 0.1) is 6.92 Å². The Labute approximate surface area is 224 Å². The van der Waals surface area contributed by atoms with Crippen molar-refractivity contribution >= 4 is 23.7 Å². The number of carboxylic acid groups (broad SMARTS) is 1. The molecule has 1 heterocycles. The number of nitrogens with one attached hydrogen (secondary N) is 1. The van der Waals surface area contributed by atoms with Gasteiger partial charge in [-0.25, -0.2) is 14.3 Å². The Morgan fingerprint density at radius 1 is 1.03 bits per heavy atom. The SMILES string of the molecule is Cc1nn(C)c(Oc2ccc(Cl)cc2)c1CC(NC(=O)OCC1c2ccccc2-c2ccccc21)C(=O)O. The minimum Gasteiger partial charge on any atom is -0.480 e. The molecule has 1 amide bonds. The van der Waals surface area contributed by atoms with Gasteiger partial charge in [-0.2, -0.15) is 5.10 Å². The van der Waals surface area contributed by atoms with Crippen LogP contribution in [0.2, 0.25) is 5.02 Å². The Kier molecular flexibility index (Phi) is 7.07. The number of aliphatic carboxylic acids is 1. The van der Waals surface area contributed by atoms with Crippen LogP contribution in [-0.2, 0) is 23.0 Å². The predicted molar refractivity (Wildman–Crippen MR) is 143 cm³/mol. The fraction of sp³-hybridized carbons (Fsp3) is 0.207. The molecule has 0 saturated carbocycles. The fourth-order valence-corrected chi connectivity index (χ4v) is 4.97. The number of aromatic nitrogens is 2. The van der Waals surface area contributed by atoms with Crippen molar-refractivity contribution in [1.29, 1.82) is 0 Å². The van der Waals surface area contributed by atoms with Crippen LogP contribution in [0.5, 0.6) is 11.6 Å². The number of hydrogen-bond acceptors (Lipinski definition) is 5. The van der Waals surface area contributed by atoms with Crippen molar-refractivity contribution in [2.75, 3.05) is 6.61 Å². The number of fused-ring (bicyclic) bond motifs is 3. The number of carbonyl (C=O) groups excluding carboxylic acids is 1. The molecule has 1 aromatic heterocycles. The van der Waals surface area contributed by atoms with E-state index in [1.165, 1.54) is 4.68 Å². The molecule has 0 radical (unpaired) electrons. The van der Waals surface area contributed by atoms with Crippen LogP contribution >= 0.6 is 11.6 Å². The number of hydrogen-bond donors (Lipinski definition) is 2. The zero-order valence-electron chi connectivity index (χ0n) is 20.8. The predicted octanol–water partition coefficient (Wildman–Crippen LogP) is 5.71. The van der Waals surface area contributed by atoms with E-state index >= 15 is 0 Å². The Hall–Kier alpha value is -4.30. The lowest BCUT2D eigenvalue weighted by atomic mass is 9.98. The maximum atomic E-state index is 12.8. The number of carboxylic acids is 1. The van der Waals surface area contributed by atoms with Gasteiger partial charge in [-0.05, 0) is 53.4 Å². The van der Waals surface area contributed by atoms with Crippen LogP contribution < -0.4 is 10.1 Å². The highest BCUT2D eigenvalue weighted by Crippen LogP contribution is 2.44. The van der Waals surface area contributed by atoms with Crippen LogP contribution in [0.15, 0.2) is 72.8 Å². The third-order valence-corrected chi connectivity index (χ3v) is 6.91. The summed E-state index contributed by atoms with van der Waals surface area (Å²) in [5.74, 6) is -0.420. The van der Waals surface area contributed by atoms with Crippen molar-refractivity contribution in [1.82, 2.24) is 15.1 Å². The highest BCUT2D eigenvalue weighted by molar-refractivity contribution is 6.30. The van der Waals surface area contributed by atoms with Gasteiger partial charge in [-0.15, -0.1) is 0 Å². The number of carbonyl (C=O) groups is 2. The molecule has 0 saturated heterocycles. The Morgan fingerprint density at radius 2 is 1.63 bits per heavy atom. The van der Waals surface area contributed by atoms with Crippen LogP contribution in [0.4, 0.5) is 4.79 Å². The first-order chi connectivity index (χ1) is 18.3. The molecule has 38 heavy (non-hydrogen) atoms. The van der Waals surface area contributed by atoms with Gasteiger partial charge in [0.1, 0.15) is 18.4 Å². The number of aryl methyl sites for hydroxylation is 2. The second-order valence-electron chi connectivity index (χ2n) is 9.11. The molecule has 3 aromatic carbocycles.